The third-order valence-electron chi connectivity index (χ3n) is 3.58. The fourth-order valence-electron chi connectivity index (χ4n) is 2.52. The number of rotatable bonds is 4. The molecular formula is C18H16BrNOS. The average molecular weight is 374 g/mol. The van der Waals surface area contributed by atoms with Crippen LogP contribution in [0, 0.1) is 0 Å². The summed E-state index contributed by atoms with van der Waals surface area (Å²) in [6.45, 7) is 2.04. The summed E-state index contributed by atoms with van der Waals surface area (Å²) >= 11 is 5.17. The zero-order valence-corrected chi connectivity index (χ0v) is 14.6. The fourth-order valence-corrected chi connectivity index (χ4v) is 3.96. The van der Waals surface area contributed by atoms with Gasteiger partial charge in [0, 0.05) is 15.2 Å². The summed E-state index contributed by atoms with van der Waals surface area (Å²) in [6, 6.07) is 16.0. The van der Waals surface area contributed by atoms with Crippen LogP contribution in [-0.4, -0.2) is 11.9 Å². The lowest BCUT2D eigenvalue weighted by atomic mass is 10.1. The monoisotopic (exact) mass is 373 g/mol. The van der Waals surface area contributed by atoms with Gasteiger partial charge in [-0.15, -0.1) is 11.3 Å². The molecule has 1 N–H and O–H groups in total. The van der Waals surface area contributed by atoms with Gasteiger partial charge in [0.15, 0.2) is 0 Å². The third-order valence-corrected chi connectivity index (χ3v) is 5.29. The average Bonchev–Trinajstić information content (AvgIpc) is 2.91. The van der Waals surface area contributed by atoms with Gasteiger partial charge in [0.05, 0.1) is 5.56 Å². The summed E-state index contributed by atoms with van der Waals surface area (Å²) in [5.74, 6) is -0.0421. The van der Waals surface area contributed by atoms with Crippen molar-refractivity contribution in [2.45, 2.75) is 19.4 Å². The first kappa shape index (κ1) is 15.3. The predicted octanol–water partition coefficient (Wildman–Crippen LogP) is 5.02. The van der Waals surface area contributed by atoms with Crippen LogP contribution in [0.25, 0.3) is 10.1 Å². The number of amides is 1. The Morgan fingerprint density at radius 2 is 1.91 bits per heavy atom. The number of carbonyl (C=O) groups is 1. The van der Waals surface area contributed by atoms with Crippen LogP contribution in [0.2, 0.25) is 0 Å². The van der Waals surface area contributed by atoms with E-state index in [1.165, 1.54) is 15.6 Å². The number of hydrogen-bond donors (Lipinski definition) is 1. The molecule has 3 aromatic rings. The third kappa shape index (κ3) is 3.23. The number of carbonyl (C=O) groups excluding carboxylic acids is 1. The largest absolute Gasteiger partial charge is 0.349 e. The summed E-state index contributed by atoms with van der Waals surface area (Å²) in [6.07, 6.45) is 0.834. The first-order valence-corrected chi connectivity index (χ1v) is 8.83. The lowest BCUT2D eigenvalue weighted by Crippen LogP contribution is -2.34. The molecule has 0 spiro atoms. The van der Waals surface area contributed by atoms with Crippen LogP contribution in [-0.2, 0) is 6.42 Å². The quantitative estimate of drug-likeness (QED) is 0.682. The lowest BCUT2D eigenvalue weighted by molar-refractivity contribution is 0.0939. The van der Waals surface area contributed by atoms with Gasteiger partial charge in [-0.25, -0.2) is 0 Å². The van der Waals surface area contributed by atoms with E-state index in [2.05, 4.69) is 50.9 Å². The lowest BCUT2D eigenvalue weighted by Gasteiger charge is -2.14. The van der Waals surface area contributed by atoms with Gasteiger partial charge in [-0.05, 0) is 63.8 Å². The van der Waals surface area contributed by atoms with Crippen LogP contribution in [0.4, 0.5) is 0 Å². The van der Waals surface area contributed by atoms with Crippen LogP contribution in [0.1, 0.15) is 22.8 Å². The minimum absolute atomic E-state index is 0.0421. The Balaban J connectivity index is 1.71. The van der Waals surface area contributed by atoms with Crippen molar-refractivity contribution in [1.82, 2.24) is 5.32 Å². The van der Waals surface area contributed by atoms with Gasteiger partial charge in [-0.1, -0.05) is 30.3 Å². The van der Waals surface area contributed by atoms with Crippen molar-refractivity contribution >= 4 is 43.3 Å². The van der Waals surface area contributed by atoms with Gasteiger partial charge in [-0.2, -0.15) is 0 Å². The summed E-state index contributed by atoms with van der Waals surface area (Å²) in [4.78, 5) is 12.3. The molecular weight excluding hydrogens is 358 g/mol. The fraction of sp³-hybridized carbons (Fsp3) is 0.167. The molecule has 1 aromatic heterocycles. The molecule has 112 valence electrons. The molecule has 0 aliphatic rings. The van der Waals surface area contributed by atoms with Crippen LogP contribution in [0.5, 0.6) is 0 Å². The molecule has 0 bridgehead atoms. The van der Waals surface area contributed by atoms with Crippen molar-refractivity contribution in [2.75, 3.05) is 0 Å². The number of hydrogen-bond acceptors (Lipinski definition) is 2. The number of nitrogens with one attached hydrogen (secondary N) is 1. The number of fused-ring (bicyclic) bond motifs is 1. The summed E-state index contributed by atoms with van der Waals surface area (Å²) < 4.78 is 2.11. The van der Waals surface area contributed by atoms with Gasteiger partial charge in [-0.3, -0.25) is 4.79 Å². The van der Waals surface area contributed by atoms with Crippen LogP contribution < -0.4 is 5.32 Å². The van der Waals surface area contributed by atoms with E-state index in [1.54, 1.807) is 11.3 Å². The van der Waals surface area contributed by atoms with Crippen LogP contribution >= 0.6 is 27.3 Å². The molecule has 0 unspecified atom stereocenters. The second-order valence-electron chi connectivity index (χ2n) is 5.32. The maximum absolute atomic E-state index is 12.3. The highest BCUT2D eigenvalue weighted by atomic mass is 79.9. The molecule has 0 fully saturated rings. The smallest absolute Gasteiger partial charge is 0.252 e. The molecule has 2 nitrogen and oxygen atoms in total. The molecule has 1 heterocycles. The van der Waals surface area contributed by atoms with E-state index in [-0.39, 0.29) is 11.9 Å². The molecule has 2 aromatic carbocycles. The van der Waals surface area contributed by atoms with Crippen molar-refractivity contribution in [3.63, 3.8) is 0 Å². The van der Waals surface area contributed by atoms with E-state index >= 15 is 0 Å². The van der Waals surface area contributed by atoms with Crippen molar-refractivity contribution < 1.29 is 4.79 Å². The van der Waals surface area contributed by atoms with Gasteiger partial charge in [0.1, 0.15) is 0 Å². The molecule has 0 saturated heterocycles. The molecule has 1 amide bonds. The number of halogens is 1. The van der Waals surface area contributed by atoms with Gasteiger partial charge < -0.3 is 5.32 Å². The van der Waals surface area contributed by atoms with Crippen LogP contribution in [0.3, 0.4) is 0 Å². The summed E-state index contributed by atoms with van der Waals surface area (Å²) in [7, 11) is 0. The second-order valence-corrected chi connectivity index (χ2v) is 7.08. The van der Waals surface area contributed by atoms with E-state index in [1.807, 2.05) is 31.2 Å². The topological polar surface area (TPSA) is 29.1 Å². The first-order valence-electron chi connectivity index (χ1n) is 7.15. The molecule has 0 saturated carbocycles. The minimum atomic E-state index is -0.0421. The molecule has 1 atom stereocenters. The first-order chi connectivity index (χ1) is 10.6. The zero-order chi connectivity index (χ0) is 15.5. The van der Waals surface area contributed by atoms with Crippen LogP contribution in [0.15, 0.2) is 58.4 Å². The summed E-state index contributed by atoms with van der Waals surface area (Å²) in [5.41, 5.74) is 1.96. The SMILES string of the molecule is C[C@@H](Cc1csc2ccccc12)NC(=O)c1ccccc1Br. The molecule has 0 aliphatic heterocycles. The molecule has 4 heteroatoms. The number of thiophene rings is 1. The molecule has 3 rings (SSSR count). The Morgan fingerprint density at radius 3 is 2.73 bits per heavy atom. The number of benzene rings is 2. The Kier molecular flexibility index (Phi) is 4.60. The highest BCUT2D eigenvalue weighted by Gasteiger charge is 2.14. The van der Waals surface area contributed by atoms with E-state index in [0.717, 1.165) is 10.9 Å². The molecule has 0 radical (unpaired) electrons. The predicted molar refractivity (Wildman–Crippen MR) is 96.6 cm³/mol. The van der Waals surface area contributed by atoms with E-state index in [9.17, 15) is 4.79 Å². The van der Waals surface area contributed by atoms with Gasteiger partial charge in [0.25, 0.3) is 5.91 Å². The Morgan fingerprint density at radius 1 is 1.18 bits per heavy atom. The van der Waals surface area contributed by atoms with Crippen molar-refractivity contribution in [3.8, 4) is 0 Å². The van der Waals surface area contributed by atoms with E-state index in [0.29, 0.717) is 5.56 Å². The van der Waals surface area contributed by atoms with Crippen molar-refractivity contribution in [1.29, 1.82) is 0 Å². The maximum atomic E-state index is 12.3. The minimum Gasteiger partial charge on any atom is -0.349 e. The van der Waals surface area contributed by atoms with E-state index in [4.69, 9.17) is 0 Å². The highest BCUT2D eigenvalue weighted by Crippen LogP contribution is 2.26. The Bertz CT molecular complexity index is 811. The standard InChI is InChI=1S/C18H16BrNOS/c1-12(20-18(21)15-7-2-4-8-16(15)19)10-13-11-22-17-9-5-3-6-14(13)17/h2-9,11-12H,10H2,1H3,(H,20,21)/t12-/m0/s1. The second kappa shape index (κ2) is 6.63. The molecule has 22 heavy (non-hydrogen) atoms. The van der Waals surface area contributed by atoms with Crippen molar-refractivity contribution in [2.24, 2.45) is 0 Å². The Hall–Kier alpha value is -1.65. The molecule has 0 aliphatic carbocycles. The van der Waals surface area contributed by atoms with E-state index < -0.39 is 0 Å². The normalized spacial score (nSPS) is 12.3. The maximum Gasteiger partial charge on any atom is 0.252 e. The zero-order valence-electron chi connectivity index (χ0n) is 12.2. The van der Waals surface area contributed by atoms with Gasteiger partial charge in [0.2, 0.25) is 0 Å². The highest BCUT2D eigenvalue weighted by molar-refractivity contribution is 9.10. The van der Waals surface area contributed by atoms with Crippen molar-refractivity contribution in [3.05, 3.63) is 69.5 Å². The Labute approximate surface area is 142 Å². The van der Waals surface area contributed by atoms with Gasteiger partial charge >= 0.3 is 0 Å². The summed E-state index contributed by atoms with van der Waals surface area (Å²) in [5, 5.41) is 6.55.